The molecule has 0 fully saturated rings. The molecule has 174 valence electrons. The van der Waals surface area contributed by atoms with Gasteiger partial charge in [-0.25, -0.2) is 22.1 Å². The van der Waals surface area contributed by atoms with Crippen molar-refractivity contribution >= 4 is 33.5 Å². The predicted octanol–water partition coefficient (Wildman–Crippen LogP) is 4.21. The smallest absolute Gasteiger partial charge is 0.327 e. The topological polar surface area (TPSA) is 81.2 Å². The molecule has 1 aromatic heterocycles. The number of sulfonamides is 1. The summed E-state index contributed by atoms with van der Waals surface area (Å²) in [5, 5.41) is 0. The van der Waals surface area contributed by atoms with Crippen molar-refractivity contribution in [1.82, 2.24) is 13.9 Å². The number of halogens is 5. The molecule has 0 atom stereocenters. The Bertz CT molecular complexity index is 1250. The van der Waals surface area contributed by atoms with Gasteiger partial charge in [-0.2, -0.15) is 13.2 Å². The van der Waals surface area contributed by atoms with Crippen LogP contribution in [0.15, 0.2) is 59.3 Å². The van der Waals surface area contributed by atoms with Crippen LogP contribution < -0.4 is 5.73 Å². The number of fused-ring (bicyclic) bond motifs is 1. The molecule has 0 bridgehead atoms. The van der Waals surface area contributed by atoms with Crippen LogP contribution in [0.3, 0.4) is 0 Å². The molecule has 0 spiro atoms. The molecule has 6 nitrogen and oxygen atoms in total. The number of alkyl halides is 3. The molecule has 2 aromatic carbocycles. The lowest BCUT2D eigenvalue weighted by Gasteiger charge is -2.12. The van der Waals surface area contributed by atoms with Crippen molar-refractivity contribution < 1.29 is 26.0 Å². The normalized spacial score (nSPS) is 12.9. The third-order valence-electron chi connectivity index (χ3n) is 4.60. The van der Waals surface area contributed by atoms with Crippen molar-refractivity contribution in [3.63, 3.8) is 0 Å². The molecule has 1 heterocycles. The molecular weight excluding hydrogens is 472 g/mol. The van der Waals surface area contributed by atoms with E-state index in [2.05, 4.69) is 4.98 Å². The zero-order valence-electron chi connectivity index (χ0n) is 17.1. The van der Waals surface area contributed by atoms with Crippen molar-refractivity contribution in [3.8, 4) is 11.1 Å². The van der Waals surface area contributed by atoms with Crippen molar-refractivity contribution in [2.24, 2.45) is 5.73 Å². The molecule has 0 radical (unpaired) electrons. The molecule has 0 aliphatic carbocycles. The van der Waals surface area contributed by atoms with Gasteiger partial charge in [0.1, 0.15) is 5.83 Å². The maximum absolute atomic E-state index is 14.0. The van der Waals surface area contributed by atoms with E-state index in [1.165, 1.54) is 50.5 Å². The first-order valence-corrected chi connectivity index (χ1v) is 10.5. The highest BCUT2D eigenvalue weighted by Gasteiger charge is 2.38. The van der Waals surface area contributed by atoms with Crippen LogP contribution in [0.25, 0.3) is 22.2 Å². The van der Waals surface area contributed by atoms with Gasteiger partial charge >= 0.3 is 6.18 Å². The van der Waals surface area contributed by atoms with Crippen LogP contribution in [-0.4, -0.2) is 42.9 Å². The highest BCUT2D eigenvalue weighted by molar-refractivity contribution is 7.89. The molecule has 3 aromatic rings. The fourth-order valence-electron chi connectivity index (χ4n) is 3.13. The average Bonchev–Trinajstić information content (AvgIpc) is 3.07. The summed E-state index contributed by atoms with van der Waals surface area (Å²) < 4.78 is 81.6. The number of hydrogen-bond donors (Lipinski definition) is 1. The number of aromatic nitrogens is 2. The quantitative estimate of drug-likeness (QED) is 0.523. The monoisotopic (exact) mass is 492 g/mol. The van der Waals surface area contributed by atoms with Crippen LogP contribution in [-0.2, 0) is 22.7 Å². The van der Waals surface area contributed by atoms with Gasteiger partial charge in [0.2, 0.25) is 15.8 Å². The first-order valence-electron chi connectivity index (χ1n) is 9.11. The van der Waals surface area contributed by atoms with Gasteiger partial charge in [0, 0.05) is 26.2 Å². The molecule has 0 amide bonds. The Hall–Kier alpha value is -2.47. The van der Waals surface area contributed by atoms with Gasteiger partial charge in [0.25, 0.3) is 0 Å². The minimum atomic E-state index is -4.82. The highest BCUT2D eigenvalue weighted by atomic mass is 35.5. The molecule has 3 rings (SSSR count). The summed E-state index contributed by atoms with van der Waals surface area (Å²) >= 11 is 0. The van der Waals surface area contributed by atoms with Crippen LogP contribution in [0.1, 0.15) is 5.82 Å². The highest BCUT2D eigenvalue weighted by Crippen LogP contribution is 2.36. The second kappa shape index (κ2) is 9.57. The Morgan fingerprint density at radius 3 is 2.44 bits per heavy atom. The molecular formula is C20H21ClF4N4O2S. The summed E-state index contributed by atoms with van der Waals surface area (Å²) in [6, 6.07) is 10.3. The Balaban J connectivity index is 0.00000363. The lowest BCUT2D eigenvalue weighted by molar-refractivity contribution is -0.146. The van der Waals surface area contributed by atoms with Crippen LogP contribution in [0.4, 0.5) is 17.6 Å². The summed E-state index contributed by atoms with van der Waals surface area (Å²) in [4.78, 5) is 3.74. The Morgan fingerprint density at radius 2 is 1.84 bits per heavy atom. The summed E-state index contributed by atoms with van der Waals surface area (Å²) in [7, 11) is -0.994. The molecule has 2 N–H and O–H groups in total. The van der Waals surface area contributed by atoms with E-state index < -0.39 is 34.4 Å². The van der Waals surface area contributed by atoms with E-state index in [9.17, 15) is 26.0 Å². The van der Waals surface area contributed by atoms with E-state index in [-0.39, 0.29) is 34.9 Å². The van der Waals surface area contributed by atoms with Gasteiger partial charge in [-0.15, -0.1) is 12.4 Å². The van der Waals surface area contributed by atoms with E-state index in [0.29, 0.717) is 11.1 Å². The number of nitrogens with zero attached hydrogens (tertiary/aromatic N) is 3. The zero-order valence-corrected chi connectivity index (χ0v) is 18.7. The van der Waals surface area contributed by atoms with Crippen LogP contribution in [0, 0.1) is 0 Å². The third-order valence-corrected chi connectivity index (χ3v) is 6.42. The first kappa shape index (κ1) is 25.8. The van der Waals surface area contributed by atoms with E-state index >= 15 is 0 Å². The van der Waals surface area contributed by atoms with Gasteiger partial charge in [-0.05, 0) is 29.8 Å². The largest absolute Gasteiger partial charge is 0.449 e. The molecule has 32 heavy (non-hydrogen) atoms. The van der Waals surface area contributed by atoms with Crippen LogP contribution in [0.5, 0.6) is 0 Å². The summed E-state index contributed by atoms with van der Waals surface area (Å²) in [5.41, 5.74) is 5.95. The molecule has 0 aliphatic rings. The molecule has 0 unspecified atom stereocenters. The van der Waals surface area contributed by atoms with Crippen LogP contribution >= 0.6 is 12.4 Å². The average molecular weight is 493 g/mol. The molecule has 0 saturated carbocycles. The number of benzene rings is 2. The van der Waals surface area contributed by atoms with Gasteiger partial charge in [0.15, 0.2) is 0 Å². The molecule has 0 aliphatic heterocycles. The number of para-hydroxylation sites is 1. The third kappa shape index (κ3) is 4.96. The second-order valence-corrected chi connectivity index (χ2v) is 9.05. The lowest BCUT2D eigenvalue weighted by atomic mass is 10.0. The number of allylic oxidation sites excluding steroid dienone is 1. The number of nitrogens with two attached hydrogens (primary N) is 1. The second-order valence-electron chi connectivity index (χ2n) is 6.89. The van der Waals surface area contributed by atoms with Crippen molar-refractivity contribution in [3.05, 3.63) is 60.2 Å². The van der Waals surface area contributed by atoms with E-state index in [4.69, 9.17) is 5.73 Å². The molecule has 0 saturated heterocycles. The standard InChI is InChI=1S/C20H20F4N4O2S.ClH/c1-27(2)31(29,30)15-6-3-5-13(11-15)16-7-4-8-17-18(16)26-19(20(22,23)24)28(17)12-14(21)9-10-25;/h3-9,11H,10,12,25H2,1-2H3;1H/b14-9-;. The minimum absolute atomic E-state index is 0. The summed E-state index contributed by atoms with van der Waals surface area (Å²) in [6.07, 6.45) is -3.83. The van der Waals surface area contributed by atoms with E-state index in [1.54, 1.807) is 6.07 Å². The minimum Gasteiger partial charge on any atom is -0.327 e. The Kier molecular flexibility index (Phi) is 7.71. The lowest BCUT2D eigenvalue weighted by Crippen LogP contribution is -2.22. The number of hydrogen-bond acceptors (Lipinski definition) is 4. The van der Waals surface area contributed by atoms with E-state index in [0.717, 1.165) is 14.9 Å². The van der Waals surface area contributed by atoms with E-state index in [1.807, 2.05) is 0 Å². The van der Waals surface area contributed by atoms with Gasteiger partial charge < -0.3 is 10.3 Å². The Labute approximate surface area is 188 Å². The van der Waals surface area contributed by atoms with Crippen molar-refractivity contribution in [2.45, 2.75) is 17.6 Å². The van der Waals surface area contributed by atoms with Crippen molar-refractivity contribution in [1.29, 1.82) is 0 Å². The van der Waals surface area contributed by atoms with Gasteiger partial charge in [-0.1, -0.05) is 24.3 Å². The maximum atomic E-state index is 14.0. The van der Waals surface area contributed by atoms with Gasteiger partial charge in [-0.3, -0.25) is 0 Å². The van der Waals surface area contributed by atoms with Gasteiger partial charge in [0.05, 0.1) is 22.5 Å². The fraction of sp³-hybridized carbons (Fsp3) is 0.250. The SMILES string of the molecule is CN(C)S(=O)(=O)c1cccc(-c2cccc3c2nc(C(F)(F)F)n3C/C(F)=C/CN)c1.Cl. The Morgan fingerprint density at radius 1 is 1.19 bits per heavy atom. The summed E-state index contributed by atoms with van der Waals surface area (Å²) in [6.45, 7) is -0.834. The molecule has 12 heteroatoms. The van der Waals surface area contributed by atoms with Crippen LogP contribution in [0.2, 0.25) is 0 Å². The first-order chi connectivity index (χ1) is 14.5. The fourth-order valence-corrected chi connectivity index (χ4v) is 4.08. The zero-order chi connectivity index (χ0) is 23.0. The number of imidazole rings is 1. The maximum Gasteiger partial charge on any atom is 0.449 e. The number of rotatable bonds is 6. The predicted molar refractivity (Wildman–Crippen MR) is 117 cm³/mol. The summed E-state index contributed by atoms with van der Waals surface area (Å²) in [5.74, 6) is -2.08. The van der Waals surface area contributed by atoms with Crippen molar-refractivity contribution in [2.75, 3.05) is 20.6 Å².